The molecule has 0 unspecified atom stereocenters. The quantitative estimate of drug-likeness (QED) is 0.0765. The number of unbranched alkanes of at least 4 members (excludes halogenated alkanes) is 2. The van der Waals surface area contributed by atoms with Gasteiger partial charge in [-0.15, -0.1) is 0 Å². The standard InChI is InChI=1S/C37H50BrN3O9/c1-37(2,3)50-35(45)39-21-9-5-6-12-32(42)41-31(33(43)40-23-26-13-17-27(18-14-26)34(44)47-4)22-25-15-19-29(20-16-25)49-36(46)48-24-28-10-7-8-11-30(28)38/h7-8,10-11,15-16,19-20,26-27,31H,5-6,9,12-14,17-18,21-24H2,1-4H3,(H,39,45)(H,40,43)(H,41,42)/t26?,27?,31-/m0/s1. The van der Waals surface area contributed by atoms with Crippen LogP contribution in [-0.2, 0) is 41.6 Å². The first kappa shape index (κ1) is 40.3. The molecule has 2 aromatic carbocycles. The zero-order chi connectivity index (χ0) is 36.5. The van der Waals surface area contributed by atoms with E-state index in [1.54, 1.807) is 45.0 Å². The molecule has 0 bridgehead atoms. The lowest BCUT2D eigenvalue weighted by Gasteiger charge is -2.27. The molecule has 0 aliphatic heterocycles. The van der Waals surface area contributed by atoms with E-state index in [0.717, 1.165) is 28.4 Å². The Morgan fingerprint density at radius 1 is 0.900 bits per heavy atom. The van der Waals surface area contributed by atoms with Crippen LogP contribution in [0, 0.1) is 11.8 Å². The Morgan fingerprint density at radius 3 is 2.26 bits per heavy atom. The number of alkyl carbamates (subject to hydrolysis) is 1. The minimum atomic E-state index is -0.848. The van der Waals surface area contributed by atoms with Crippen LogP contribution in [0.15, 0.2) is 53.0 Å². The van der Waals surface area contributed by atoms with Crippen LogP contribution in [0.4, 0.5) is 9.59 Å². The second-order valence-corrected chi connectivity index (χ2v) is 14.3. The number of ether oxygens (including phenoxy) is 4. The van der Waals surface area contributed by atoms with E-state index < -0.39 is 23.9 Å². The van der Waals surface area contributed by atoms with E-state index >= 15 is 0 Å². The lowest BCUT2D eigenvalue weighted by molar-refractivity contribution is -0.146. The SMILES string of the molecule is COC(=O)C1CCC(CNC(=O)[C@H](Cc2ccc(OC(=O)OCc3ccccc3Br)cc2)NC(=O)CCCCCNC(=O)OC(C)(C)C)CC1. The maximum absolute atomic E-state index is 13.4. The van der Waals surface area contributed by atoms with E-state index in [2.05, 4.69) is 31.9 Å². The maximum Gasteiger partial charge on any atom is 0.514 e. The van der Waals surface area contributed by atoms with Gasteiger partial charge in [0.05, 0.1) is 13.0 Å². The van der Waals surface area contributed by atoms with E-state index in [0.29, 0.717) is 45.2 Å². The van der Waals surface area contributed by atoms with Gasteiger partial charge < -0.3 is 34.9 Å². The molecule has 0 saturated heterocycles. The summed E-state index contributed by atoms with van der Waals surface area (Å²) >= 11 is 3.42. The summed E-state index contributed by atoms with van der Waals surface area (Å²) in [5, 5.41) is 8.60. The summed E-state index contributed by atoms with van der Waals surface area (Å²) in [6.45, 7) is 6.32. The molecule has 13 heteroatoms. The lowest BCUT2D eigenvalue weighted by Crippen LogP contribution is -2.49. The van der Waals surface area contributed by atoms with Crippen LogP contribution in [0.5, 0.6) is 5.75 Å². The van der Waals surface area contributed by atoms with Crippen molar-refractivity contribution in [3.8, 4) is 5.75 Å². The Balaban J connectivity index is 1.51. The zero-order valence-electron chi connectivity index (χ0n) is 29.4. The third kappa shape index (κ3) is 15.2. The third-order valence-electron chi connectivity index (χ3n) is 8.21. The van der Waals surface area contributed by atoms with Crippen molar-refractivity contribution in [3.05, 3.63) is 64.1 Å². The van der Waals surface area contributed by atoms with Gasteiger partial charge in [0.25, 0.3) is 0 Å². The number of halogens is 1. The van der Waals surface area contributed by atoms with Gasteiger partial charge in [-0.1, -0.05) is 52.7 Å². The first-order valence-corrected chi connectivity index (χ1v) is 17.9. The minimum Gasteiger partial charge on any atom is -0.469 e. The molecule has 0 radical (unpaired) electrons. The predicted octanol–water partition coefficient (Wildman–Crippen LogP) is 6.37. The molecule has 0 heterocycles. The fraction of sp³-hybridized carbons (Fsp3) is 0.541. The highest BCUT2D eigenvalue weighted by atomic mass is 79.9. The molecule has 50 heavy (non-hydrogen) atoms. The highest BCUT2D eigenvalue weighted by Gasteiger charge is 2.28. The molecule has 2 aromatic rings. The molecule has 3 rings (SSSR count). The van der Waals surface area contributed by atoms with E-state index in [4.69, 9.17) is 18.9 Å². The summed E-state index contributed by atoms with van der Waals surface area (Å²) in [6.07, 6.45) is 4.12. The maximum atomic E-state index is 13.4. The van der Waals surface area contributed by atoms with Gasteiger partial charge in [-0.3, -0.25) is 14.4 Å². The fourth-order valence-electron chi connectivity index (χ4n) is 5.51. The van der Waals surface area contributed by atoms with Crippen molar-refractivity contribution in [1.29, 1.82) is 0 Å². The smallest absolute Gasteiger partial charge is 0.469 e. The second-order valence-electron chi connectivity index (χ2n) is 13.4. The third-order valence-corrected chi connectivity index (χ3v) is 8.99. The van der Waals surface area contributed by atoms with Gasteiger partial charge in [-0.2, -0.15) is 0 Å². The molecule has 274 valence electrons. The van der Waals surface area contributed by atoms with Crippen molar-refractivity contribution in [3.63, 3.8) is 0 Å². The first-order chi connectivity index (χ1) is 23.8. The molecule has 0 aromatic heterocycles. The summed E-state index contributed by atoms with van der Waals surface area (Å²) in [4.78, 5) is 62.3. The normalized spacial score (nSPS) is 16.3. The van der Waals surface area contributed by atoms with Crippen LogP contribution in [0.3, 0.4) is 0 Å². The van der Waals surface area contributed by atoms with Crippen LogP contribution in [0.1, 0.15) is 83.3 Å². The van der Waals surface area contributed by atoms with Gasteiger partial charge in [-0.25, -0.2) is 9.59 Å². The Morgan fingerprint density at radius 2 is 1.60 bits per heavy atom. The molecule has 1 aliphatic carbocycles. The first-order valence-electron chi connectivity index (χ1n) is 17.1. The van der Waals surface area contributed by atoms with Gasteiger partial charge in [0.1, 0.15) is 24.0 Å². The molecular weight excluding hydrogens is 710 g/mol. The highest BCUT2D eigenvalue weighted by molar-refractivity contribution is 9.10. The number of carbonyl (C=O) groups excluding carboxylic acids is 5. The number of amides is 3. The number of nitrogens with one attached hydrogen (secondary N) is 3. The number of rotatable bonds is 16. The van der Waals surface area contributed by atoms with Crippen LogP contribution in [0.2, 0.25) is 0 Å². The Kier molecular flexibility index (Phi) is 16.5. The van der Waals surface area contributed by atoms with Gasteiger partial charge in [-0.05, 0) is 89.0 Å². The summed E-state index contributed by atoms with van der Waals surface area (Å²) in [6, 6.07) is 13.2. The van der Waals surface area contributed by atoms with E-state index in [-0.39, 0.29) is 54.8 Å². The van der Waals surface area contributed by atoms with Crippen LogP contribution < -0.4 is 20.7 Å². The van der Waals surface area contributed by atoms with Crippen LogP contribution in [0.25, 0.3) is 0 Å². The second kappa shape index (κ2) is 20.5. The van der Waals surface area contributed by atoms with Gasteiger partial charge >= 0.3 is 18.2 Å². The summed E-state index contributed by atoms with van der Waals surface area (Å²) in [7, 11) is 1.40. The van der Waals surface area contributed by atoms with E-state index in [9.17, 15) is 24.0 Å². The Hall–Kier alpha value is -4.13. The van der Waals surface area contributed by atoms with Crippen LogP contribution >= 0.6 is 15.9 Å². The molecule has 1 saturated carbocycles. The summed E-state index contributed by atoms with van der Waals surface area (Å²) in [5.74, 6) is -0.345. The molecule has 0 spiro atoms. The van der Waals surface area contributed by atoms with Crippen LogP contribution in [-0.4, -0.2) is 61.9 Å². The average Bonchev–Trinajstić information content (AvgIpc) is 3.08. The van der Waals surface area contributed by atoms with E-state index in [1.165, 1.54) is 7.11 Å². The largest absolute Gasteiger partial charge is 0.514 e. The number of hydrogen-bond donors (Lipinski definition) is 3. The molecular formula is C37H50BrN3O9. The number of carbonyl (C=O) groups is 5. The highest BCUT2D eigenvalue weighted by Crippen LogP contribution is 2.29. The zero-order valence-corrected chi connectivity index (χ0v) is 31.0. The fourth-order valence-corrected chi connectivity index (χ4v) is 5.91. The summed E-state index contributed by atoms with van der Waals surface area (Å²) < 4.78 is 21.5. The van der Waals surface area contributed by atoms with Crippen molar-refractivity contribution >= 4 is 46.0 Å². The number of benzene rings is 2. The van der Waals surface area contributed by atoms with Gasteiger partial charge in [0.2, 0.25) is 11.8 Å². The number of esters is 1. The summed E-state index contributed by atoms with van der Waals surface area (Å²) in [5.41, 5.74) is 0.987. The van der Waals surface area contributed by atoms with Gasteiger partial charge in [0, 0.05) is 36.0 Å². The molecule has 1 atom stereocenters. The molecule has 3 N–H and O–H groups in total. The van der Waals surface area contributed by atoms with Crippen molar-refractivity contribution in [2.24, 2.45) is 11.8 Å². The average molecular weight is 761 g/mol. The van der Waals surface area contributed by atoms with Gasteiger partial charge in [0.15, 0.2) is 0 Å². The topological polar surface area (TPSA) is 158 Å². The van der Waals surface area contributed by atoms with E-state index in [1.807, 2.05) is 24.3 Å². The molecule has 1 aliphatic rings. The lowest BCUT2D eigenvalue weighted by atomic mass is 9.82. The molecule has 3 amide bonds. The molecule has 12 nitrogen and oxygen atoms in total. The van der Waals surface area contributed by atoms with Crippen molar-refractivity contribution in [1.82, 2.24) is 16.0 Å². The Bertz CT molecular complexity index is 1420. The predicted molar refractivity (Wildman–Crippen MR) is 190 cm³/mol. The Labute approximate surface area is 302 Å². The van der Waals surface area contributed by atoms with Crippen molar-refractivity contribution in [2.45, 2.75) is 96.8 Å². The molecule has 1 fully saturated rings. The number of hydrogen-bond acceptors (Lipinski definition) is 9. The van der Waals surface area contributed by atoms with Crippen molar-refractivity contribution < 1.29 is 42.9 Å². The minimum absolute atomic E-state index is 0.0461. The monoisotopic (exact) mass is 759 g/mol. The number of methoxy groups -OCH3 is 1. The van der Waals surface area contributed by atoms with Crippen molar-refractivity contribution in [2.75, 3.05) is 20.2 Å².